The number of hydrogen-bond acceptors (Lipinski definition) is 3. The van der Waals surface area contributed by atoms with Crippen molar-refractivity contribution in [2.45, 2.75) is 41.7 Å². The minimum atomic E-state index is -4.60. The first kappa shape index (κ1) is 20.2. The van der Waals surface area contributed by atoms with Gasteiger partial charge in [-0.25, -0.2) is 8.42 Å². The molecule has 146 valence electrons. The normalized spacial score (nSPS) is 24.0. The van der Waals surface area contributed by atoms with E-state index in [2.05, 4.69) is 0 Å². The van der Waals surface area contributed by atoms with E-state index in [0.717, 1.165) is 17.7 Å². The van der Waals surface area contributed by atoms with E-state index in [9.17, 15) is 21.6 Å². The van der Waals surface area contributed by atoms with Gasteiger partial charge in [0.25, 0.3) is 0 Å². The average molecular weight is 419 g/mol. The summed E-state index contributed by atoms with van der Waals surface area (Å²) in [5.74, 6) is 0. The van der Waals surface area contributed by atoms with Crippen LogP contribution < -0.4 is 0 Å². The van der Waals surface area contributed by atoms with Crippen LogP contribution in [0.15, 0.2) is 53.4 Å². The molecule has 0 N–H and O–H groups in total. The van der Waals surface area contributed by atoms with Crippen LogP contribution >= 0.6 is 11.6 Å². The molecule has 2 atom stereocenters. The molecule has 1 aliphatic heterocycles. The second kappa shape index (κ2) is 7.11. The minimum absolute atomic E-state index is 0.146. The Labute approximate surface area is 161 Å². The van der Waals surface area contributed by atoms with Crippen LogP contribution in [0.3, 0.4) is 0 Å². The first-order valence-corrected chi connectivity index (χ1v) is 10.2. The summed E-state index contributed by atoms with van der Waals surface area (Å²) < 4.78 is 69.8. The maximum Gasteiger partial charge on any atom is 0.416 e. The van der Waals surface area contributed by atoms with Gasteiger partial charge in [0.2, 0.25) is 0 Å². The van der Waals surface area contributed by atoms with Gasteiger partial charge in [0.05, 0.1) is 21.3 Å². The number of rotatable bonds is 3. The standard InChI is InChI=1S/C19H18ClF3O3S/c1-18(9-10-26-17(12-18)13-5-7-15(20)8-6-13)27(24,25)16-4-2-3-14(11-16)19(21,22)23/h2-8,11,17H,9-10,12H2,1H3/t17-,18+/m1/s1. The molecular formula is C19H18ClF3O3S. The molecule has 0 amide bonds. The van der Waals surface area contributed by atoms with Gasteiger partial charge >= 0.3 is 6.18 Å². The lowest BCUT2D eigenvalue weighted by Gasteiger charge is -2.38. The van der Waals surface area contributed by atoms with Crippen molar-refractivity contribution >= 4 is 21.4 Å². The Balaban J connectivity index is 1.94. The molecule has 2 aromatic carbocycles. The fourth-order valence-electron chi connectivity index (χ4n) is 3.23. The van der Waals surface area contributed by atoms with E-state index in [1.54, 1.807) is 31.2 Å². The smallest absolute Gasteiger partial charge is 0.373 e. The van der Waals surface area contributed by atoms with Crippen molar-refractivity contribution in [3.8, 4) is 0 Å². The second-order valence-electron chi connectivity index (χ2n) is 6.84. The van der Waals surface area contributed by atoms with Gasteiger partial charge in [0.1, 0.15) is 0 Å². The third kappa shape index (κ3) is 4.00. The lowest BCUT2D eigenvalue weighted by atomic mass is 9.92. The minimum Gasteiger partial charge on any atom is -0.373 e. The third-order valence-corrected chi connectivity index (χ3v) is 7.72. The summed E-state index contributed by atoms with van der Waals surface area (Å²) in [6.07, 6.45) is -4.72. The van der Waals surface area contributed by atoms with E-state index in [1.807, 2.05) is 0 Å². The van der Waals surface area contributed by atoms with Crippen LogP contribution in [-0.4, -0.2) is 19.8 Å². The summed E-state index contributed by atoms with van der Waals surface area (Å²) in [6.45, 7) is 1.76. The van der Waals surface area contributed by atoms with E-state index in [0.29, 0.717) is 11.1 Å². The molecule has 8 heteroatoms. The Hall–Kier alpha value is -1.57. The number of ether oxygens (including phenoxy) is 1. The fraction of sp³-hybridized carbons (Fsp3) is 0.368. The summed E-state index contributed by atoms with van der Waals surface area (Å²) in [5, 5.41) is 0.550. The van der Waals surface area contributed by atoms with E-state index in [4.69, 9.17) is 16.3 Å². The zero-order valence-corrected chi connectivity index (χ0v) is 16.0. The number of benzene rings is 2. The molecule has 27 heavy (non-hydrogen) atoms. The van der Waals surface area contributed by atoms with Crippen LogP contribution in [-0.2, 0) is 20.8 Å². The molecule has 3 nitrogen and oxygen atoms in total. The van der Waals surface area contributed by atoms with Crippen LogP contribution in [0.4, 0.5) is 13.2 Å². The molecule has 3 rings (SSSR count). The Morgan fingerprint density at radius 1 is 1.15 bits per heavy atom. The zero-order chi connectivity index (χ0) is 19.9. The van der Waals surface area contributed by atoms with Gasteiger partial charge in [0.15, 0.2) is 9.84 Å². The Bertz CT molecular complexity index is 926. The molecule has 1 heterocycles. The maximum atomic E-state index is 13.2. The van der Waals surface area contributed by atoms with Crippen molar-refractivity contribution in [1.29, 1.82) is 0 Å². The first-order chi connectivity index (χ1) is 12.5. The molecule has 1 saturated heterocycles. The van der Waals surface area contributed by atoms with Gasteiger partial charge < -0.3 is 4.74 Å². The Morgan fingerprint density at radius 3 is 2.44 bits per heavy atom. The predicted molar refractivity (Wildman–Crippen MR) is 96.4 cm³/mol. The maximum absolute atomic E-state index is 13.2. The highest BCUT2D eigenvalue weighted by molar-refractivity contribution is 7.92. The van der Waals surface area contributed by atoms with Crippen LogP contribution in [0.5, 0.6) is 0 Å². The van der Waals surface area contributed by atoms with Crippen LogP contribution in [0.2, 0.25) is 5.02 Å². The quantitative estimate of drug-likeness (QED) is 0.666. The fourth-order valence-corrected chi connectivity index (χ4v) is 5.19. The van der Waals surface area contributed by atoms with Crippen molar-refractivity contribution in [3.05, 3.63) is 64.7 Å². The van der Waals surface area contributed by atoms with Crippen molar-refractivity contribution in [1.82, 2.24) is 0 Å². The van der Waals surface area contributed by atoms with Crippen LogP contribution in [0, 0.1) is 0 Å². The summed E-state index contributed by atoms with van der Waals surface area (Å²) >= 11 is 5.88. The Kier molecular flexibility index (Phi) is 5.31. The topological polar surface area (TPSA) is 43.4 Å². The van der Waals surface area contributed by atoms with Gasteiger partial charge in [-0.05, 0) is 55.7 Å². The van der Waals surface area contributed by atoms with Crippen LogP contribution in [0.25, 0.3) is 0 Å². The SMILES string of the molecule is C[C@]1(S(=O)(=O)c2cccc(C(F)(F)F)c2)CCO[C@@H](c2ccc(Cl)cc2)C1. The third-order valence-electron chi connectivity index (χ3n) is 4.93. The Morgan fingerprint density at radius 2 is 1.81 bits per heavy atom. The predicted octanol–water partition coefficient (Wildman–Crippen LogP) is 5.44. The highest BCUT2D eigenvalue weighted by Gasteiger charge is 2.45. The largest absolute Gasteiger partial charge is 0.416 e. The molecule has 0 aromatic heterocycles. The highest BCUT2D eigenvalue weighted by atomic mass is 35.5. The van der Waals surface area contributed by atoms with E-state index in [-0.39, 0.29) is 24.3 Å². The van der Waals surface area contributed by atoms with E-state index < -0.39 is 32.4 Å². The number of alkyl halides is 3. The van der Waals surface area contributed by atoms with Crippen molar-refractivity contribution < 1.29 is 26.3 Å². The molecule has 1 fully saturated rings. The molecular weight excluding hydrogens is 401 g/mol. The monoisotopic (exact) mass is 418 g/mol. The molecule has 0 spiro atoms. The summed E-state index contributed by atoms with van der Waals surface area (Å²) in [6, 6.07) is 10.8. The molecule has 0 radical (unpaired) electrons. The number of halogens is 4. The second-order valence-corrected chi connectivity index (χ2v) is 9.74. The van der Waals surface area contributed by atoms with E-state index >= 15 is 0 Å². The summed E-state index contributed by atoms with van der Waals surface area (Å²) in [5.41, 5.74) is -0.196. The van der Waals surface area contributed by atoms with Crippen molar-refractivity contribution in [2.24, 2.45) is 0 Å². The lowest BCUT2D eigenvalue weighted by molar-refractivity contribution is -0.137. The molecule has 0 unspecified atom stereocenters. The molecule has 1 aliphatic rings. The zero-order valence-electron chi connectivity index (χ0n) is 14.5. The molecule has 0 bridgehead atoms. The van der Waals surface area contributed by atoms with Crippen LogP contribution in [0.1, 0.15) is 37.0 Å². The average Bonchev–Trinajstić information content (AvgIpc) is 2.61. The lowest BCUT2D eigenvalue weighted by Crippen LogP contribution is -2.42. The van der Waals surface area contributed by atoms with Gasteiger partial charge in [-0.15, -0.1) is 0 Å². The van der Waals surface area contributed by atoms with Gasteiger partial charge in [-0.2, -0.15) is 13.2 Å². The van der Waals surface area contributed by atoms with Crippen molar-refractivity contribution in [3.63, 3.8) is 0 Å². The van der Waals surface area contributed by atoms with Gasteiger partial charge in [0, 0.05) is 11.6 Å². The van der Waals surface area contributed by atoms with E-state index in [1.165, 1.54) is 6.07 Å². The highest BCUT2D eigenvalue weighted by Crippen LogP contribution is 2.42. The number of sulfone groups is 1. The summed E-state index contributed by atoms with van der Waals surface area (Å²) in [4.78, 5) is -0.323. The number of hydrogen-bond donors (Lipinski definition) is 0. The summed E-state index contributed by atoms with van der Waals surface area (Å²) in [7, 11) is -4.00. The van der Waals surface area contributed by atoms with Gasteiger partial charge in [-0.1, -0.05) is 29.8 Å². The first-order valence-electron chi connectivity index (χ1n) is 8.32. The van der Waals surface area contributed by atoms with Gasteiger partial charge in [-0.3, -0.25) is 0 Å². The molecule has 2 aromatic rings. The van der Waals surface area contributed by atoms with Crippen molar-refractivity contribution in [2.75, 3.05) is 6.61 Å². The molecule has 0 saturated carbocycles. The molecule has 0 aliphatic carbocycles.